The lowest BCUT2D eigenvalue weighted by Gasteiger charge is -2.04. The van der Waals surface area contributed by atoms with Crippen LogP contribution in [0.5, 0.6) is 0 Å². The zero-order valence-electron chi connectivity index (χ0n) is 12.0. The Morgan fingerprint density at radius 3 is 2.57 bits per heavy atom. The molecule has 0 saturated carbocycles. The van der Waals surface area contributed by atoms with Gasteiger partial charge in [-0.3, -0.25) is 9.67 Å². The fraction of sp³-hybridized carbons (Fsp3) is 0.176. The molecule has 0 spiro atoms. The van der Waals surface area contributed by atoms with E-state index < -0.39 is 0 Å². The van der Waals surface area contributed by atoms with Crippen molar-refractivity contribution < 1.29 is 0 Å². The average molecular weight is 278 g/mol. The van der Waals surface area contributed by atoms with Crippen molar-refractivity contribution in [2.24, 2.45) is 0 Å². The Hall–Kier alpha value is -2.46. The summed E-state index contributed by atoms with van der Waals surface area (Å²) in [7, 11) is 1.92. The molecule has 0 aliphatic heterocycles. The number of benzene rings is 1. The zero-order valence-corrected chi connectivity index (χ0v) is 12.0. The van der Waals surface area contributed by atoms with Gasteiger partial charge in [0.15, 0.2) is 0 Å². The fourth-order valence-corrected chi connectivity index (χ4v) is 2.29. The van der Waals surface area contributed by atoms with Crippen LogP contribution in [0.1, 0.15) is 11.4 Å². The van der Waals surface area contributed by atoms with E-state index in [2.05, 4.69) is 33.7 Å². The Morgan fingerprint density at radius 2 is 1.76 bits per heavy atom. The normalized spacial score (nSPS) is 10.7. The Kier molecular flexibility index (Phi) is 4.07. The first-order valence-electron chi connectivity index (χ1n) is 7.02. The molecule has 0 fully saturated rings. The third-order valence-corrected chi connectivity index (χ3v) is 3.29. The molecular weight excluding hydrogens is 260 g/mol. The molecule has 21 heavy (non-hydrogen) atoms. The maximum atomic E-state index is 4.62. The smallest absolute Gasteiger partial charge is 0.0831 e. The predicted octanol–water partition coefficient (Wildman–Crippen LogP) is 2.71. The topological polar surface area (TPSA) is 42.7 Å². The van der Waals surface area contributed by atoms with Crippen LogP contribution in [-0.2, 0) is 13.1 Å². The quantitative estimate of drug-likeness (QED) is 0.780. The highest BCUT2D eigenvalue weighted by atomic mass is 15.3. The Labute approximate surface area is 124 Å². The first kappa shape index (κ1) is 13.5. The molecule has 1 N–H and O–H groups in total. The van der Waals surface area contributed by atoms with Crippen molar-refractivity contribution in [3.05, 3.63) is 72.3 Å². The molecule has 0 unspecified atom stereocenters. The third kappa shape index (κ3) is 3.35. The summed E-state index contributed by atoms with van der Waals surface area (Å²) in [5.74, 6) is 0. The van der Waals surface area contributed by atoms with Crippen molar-refractivity contribution in [3.63, 3.8) is 0 Å². The van der Waals surface area contributed by atoms with Crippen LogP contribution in [-0.4, -0.2) is 21.8 Å². The minimum absolute atomic E-state index is 0.685. The summed E-state index contributed by atoms with van der Waals surface area (Å²) in [6.45, 7) is 1.46. The van der Waals surface area contributed by atoms with Crippen LogP contribution in [0.25, 0.3) is 11.1 Å². The molecule has 0 atom stereocenters. The van der Waals surface area contributed by atoms with E-state index in [0.29, 0.717) is 6.54 Å². The summed E-state index contributed by atoms with van der Waals surface area (Å²) in [5, 5.41) is 7.54. The van der Waals surface area contributed by atoms with Gasteiger partial charge in [-0.2, -0.15) is 5.10 Å². The third-order valence-electron chi connectivity index (χ3n) is 3.29. The van der Waals surface area contributed by atoms with Gasteiger partial charge in [-0.15, -0.1) is 0 Å². The van der Waals surface area contributed by atoms with E-state index >= 15 is 0 Å². The van der Waals surface area contributed by atoms with Crippen molar-refractivity contribution in [1.82, 2.24) is 20.1 Å². The van der Waals surface area contributed by atoms with Gasteiger partial charge in [-0.05, 0) is 24.7 Å². The molecule has 2 aromatic heterocycles. The van der Waals surface area contributed by atoms with Crippen LogP contribution in [0, 0.1) is 0 Å². The molecule has 3 aromatic rings. The SMILES string of the molecule is CNCc1cccc(Cn2cc(-c3ccccc3)cn2)n1. The second-order valence-electron chi connectivity index (χ2n) is 4.94. The molecule has 0 amide bonds. The van der Waals surface area contributed by atoms with Gasteiger partial charge in [0.2, 0.25) is 0 Å². The molecule has 0 saturated heterocycles. The minimum atomic E-state index is 0.685. The summed E-state index contributed by atoms with van der Waals surface area (Å²) in [4.78, 5) is 4.62. The van der Waals surface area contributed by atoms with Gasteiger partial charge in [0.05, 0.1) is 24.1 Å². The fourth-order valence-electron chi connectivity index (χ4n) is 2.29. The monoisotopic (exact) mass is 278 g/mol. The molecule has 0 aliphatic rings. The van der Waals surface area contributed by atoms with Gasteiger partial charge in [-0.1, -0.05) is 36.4 Å². The summed E-state index contributed by atoms with van der Waals surface area (Å²) in [5.41, 5.74) is 4.37. The van der Waals surface area contributed by atoms with Crippen molar-refractivity contribution in [2.45, 2.75) is 13.1 Å². The van der Waals surface area contributed by atoms with E-state index in [1.165, 1.54) is 5.56 Å². The second kappa shape index (κ2) is 6.33. The van der Waals surface area contributed by atoms with E-state index in [1.54, 1.807) is 0 Å². The number of hydrogen-bond donors (Lipinski definition) is 1. The van der Waals surface area contributed by atoms with E-state index in [4.69, 9.17) is 0 Å². The number of aromatic nitrogens is 3. The highest BCUT2D eigenvalue weighted by molar-refractivity contribution is 5.61. The van der Waals surface area contributed by atoms with Gasteiger partial charge in [-0.25, -0.2) is 0 Å². The number of hydrogen-bond acceptors (Lipinski definition) is 3. The average Bonchev–Trinajstić information content (AvgIpc) is 2.97. The molecule has 2 heterocycles. The molecule has 4 heteroatoms. The Morgan fingerprint density at radius 1 is 0.952 bits per heavy atom. The summed E-state index contributed by atoms with van der Waals surface area (Å²) < 4.78 is 1.92. The van der Waals surface area contributed by atoms with Gasteiger partial charge in [0, 0.05) is 18.3 Å². The maximum Gasteiger partial charge on any atom is 0.0831 e. The second-order valence-corrected chi connectivity index (χ2v) is 4.94. The van der Waals surface area contributed by atoms with Crippen LogP contribution in [0.4, 0.5) is 0 Å². The lowest BCUT2D eigenvalue weighted by Crippen LogP contribution is -2.09. The van der Waals surface area contributed by atoms with Gasteiger partial charge in [0.1, 0.15) is 0 Å². The summed E-state index contributed by atoms with van der Waals surface area (Å²) >= 11 is 0. The van der Waals surface area contributed by atoms with Crippen LogP contribution < -0.4 is 5.32 Å². The highest BCUT2D eigenvalue weighted by Gasteiger charge is 2.03. The van der Waals surface area contributed by atoms with Gasteiger partial charge >= 0.3 is 0 Å². The largest absolute Gasteiger partial charge is 0.314 e. The van der Waals surface area contributed by atoms with Crippen molar-refractivity contribution in [3.8, 4) is 11.1 Å². The lowest BCUT2D eigenvalue weighted by molar-refractivity contribution is 0.665. The summed E-state index contributed by atoms with van der Waals surface area (Å²) in [6.07, 6.45) is 3.95. The number of nitrogens with one attached hydrogen (secondary N) is 1. The number of pyridine rings is 1. The minimum Gasteiger partial charge on any atom is -0.314 e. The van der Waals surface area contributed by atoms with E-state index in [1.807, 2.05) is 54.3 Å². The van der Waals surface area contributed by atoms with E-state index in [-0.39, 0.29) is 0 Å². The molecule has 1 aromatic carbocycles. The molecule has 3 rings (SSSR count). The molecular formula is C17H18N4. The van der Waals surface area contributed by atoms with Crippen LogP contribution in [0.3, 0.4) is 0 Å². The molecule has 0 bridgehead atoms. The molecule has 0 aliphatic carbocycles. The number of rotatable bonds is 5. The standard InChI is InChI=1S/C17H18N4/c1-18-11-16-8-5-9-17(20-16)13-21-12-15(10-19-21)14-6-3-2-4-7-14/h2-10,12,18H,11,13H2,1H3. The maximum absolute atomic E-state index is 4.62. The van der Waals surface area contributed by atoms with Crippen LogP contribution in [0.2, 0.25) is 0 Å². The van der Waals surface area contributed by atoms with E-state index in [0.717, 1.165) is 23.5 Å². The molecule has 0 radical (unpaired) electrons. The van der Waals surface area contributed by atoms with Gasteiger partial charge in [0.25, 0.3) is 0 Å². The first-order valence-corrected chi connectivity index (χ1v) is 7.02. The predicted molar refractivity (Wildman–Crippen MR) is 83.8 cm³/mol. The van der Waals surface area contributed by atoms with Gasteiger partial charge < -0.3 is 5.32 Å². The molecule has 4 nitrogen and oxygen atoms in total. The van der Waals surface area contributed by atoms with Crippen LogP contribution in [0.15, 0.2) is 60.9 Å². The van der Waals surface area contributed by atoms with Crippen LogP contribution >= 0.6 is 0 Å². The van der Waals surface area contributed by atoms with Crippen molar-refractivity contribution in [1.29, 1.82) is 0 Å². The summed E-state index contributed by atoms with van der Waals surface area (Å²) in [6, 6.07) is 16.4. The van der Waals surface area contributed by atoms with Crippen molar-refractivity contribution in [2.75, 3.05) is 7.05 Å². The lowest BCUT2D eigenvalue weighted by atomic mass is 10.1. The highest BCUT2D eigenvalue weighted by Crippen LogP contribution is 2.17. The zero-order chi connectivity index (χ0) is 14.5. The van der Waals surface area contributed by atoms with Crippen molar-refractivity contribution >= 4 is 0 Å². The first-order chi connectivity index (χ1) is 10.3. The Balaban J connectivity index is 1.77. The Bertz CT molecular complexity index is 704. The molecule has 106 valence electrons. The number of nitrogens with zero attached hydrogens (tertiary/aromatic N) is 3. The van der Waals surface area contributed by atoms with E-state index in [9.17, 15) is 0 Å².